The molecule has 2 N–H and O–H groups in total. The van der Waals surface area contributed by atoms with Crippen molar-refractivity contribution in [3.63, 3.8) is 0 Å². The van der Waals surface area contributed by atoms with Gasteiger partial charge in [0.25, 0.3) is 5.82 Å². The predicted octanol–water partition coefficient (Wildman–Crippen LogP) is 2.63. The van der Waals surface area contributed by atoms with Gasteiger partial charge < -0.3 is 20.2 Å². The minimum Gasteiger partial charge on any atom is -0.490 e. The molecule has 1 saturated heterocycles. The van der Waals surface area contributed by atoms with Crippen LogP contribution in [0.15, 0.2) is 23.4 Å². The number of halogens is 3. The number of likely N-dealkylation sites (tertiary alicyclic amines) is 1. The highest BCUT2D eigenvalue weighted by atomic mass is 32.2. The van der Waals surface area contributed by atoms with E-state index in [0.29, 0.717) is 35.9 Å². The van der Waals surface area contributed by atoms with Gasteiger partial charge in [0.2, 0.25) is 11.1 Å². The molecule has 162 valence electrons. The number of fused-ring (bicyclic) bond motifs is 1. The molecule has 0 saturated carbocycles. The summed E-state index contributed by atoms with van der Waals surface area (Å²) in [5.74, 6) is 5.18. The van der Waals surface area contributed by atoms with E-state index in [1.807, 2.05) is 18.2 Å². The van der Waals surface area contributed by atoms with E-state index in [-0.39, 0.29) is 22.9 Å². The zero-order chi connectivity index (χ0) is 21.3. The van der Waals surface area contributed by atoms with Gasteiger partial charge in [0.15, 0.2) is 11.5 Å². The first-order valence-corrected chi connectivity index (χ1v) is 10.4. The Labute approximate surface area is 174 Å². The Morgan fingerprint density at radius 1 is 1.20 bits per heavy atom. The monoisotopic (exact) mass is 443 g/mol. The number of alkyl halides is 3. The van der Waals surface area contributed by atoms with Crippen LogP contribution >= 0.6 is 11.8 Å². The lowest BCUT2D eigenvalue weighted by molar-refractivity contribution is -0.146. The molecule has 2 aromatic rings. The molecule has 0 bridgehead atoms. The number of aromatic nitrogens is 3. The Kier molecular flexibility index (Phi) is 5.67. The third-order valence-corrected chi connectivity index (χ3v) is 5.90. The maximum Gasteiger partial charge on any atom is 0.453 e. The van der Waals surface area contributed by atoms with Gasteiger partial charge >= 0.3 is 6.18 Å². The zero-order valence-electron chi connectivity index (χ0n) is 15.9. The normalized spacial score (nSPS) is 19.0. The summed E-state index contributed by atoms with van der Waals surface area (Å²) < 4.78 is 50.1. The Morgan fingerprint density at radius 2 is 1.97 bits per heavy atom. The van der Waals surface area contributed by atoms with Crippen LogP contribution in [0.25, 0.3) is 0 Å². The number of thioether (sulfide) groups is 1. The molecular formula is C18H20F3N5O3S. The van der Waals surface area contributed by atoms with Crippen LogP contribution in [0.5, 0.6) is 11.5 Å². The molecule has 1 aromatic carbocycles. The zero-order valence-corrected chi connectivity index (χ0v) is 16.7. The van der Waals surface area contributed by atoms with Crippen molar-refractivity contribution in [1.29, 1.82) is 0 Å². The average Bonchev–Trinajstić information content (AvgIpc) is 3.26. The lowest BCUT2D eigenvalue weighted by atomic mass is 10.0. The third-order valence-electron chi connectivity index (χ3n) is 4.97. The number of nitrogens with zero attached hydrogens (tertiary/aromatic N) is 4. The fraction of sp³-hybridized carbons (Fsp3) is 0.500. The van der Waals surface area contributed by atoms with E-state index in [1.54, 1.807) is 4.90 Å². The van der Waals surface area contributed by atoms with Crippen molar-refractivity contribution in [2.45, 2.75) is 36.6 Å². The number of hydrogen-bond acceptors (Lipinski definition) is 7. The number of rotatable bonds is 4. The molecule has 12 heteroatoms. The Hall–Kier alpha value is -2.63. The Bertz CT molecular complexity index is 936. The van der Waals surface area contributed by atoms with Crippen molar-refractivity contribution in [3.05, 3.63) is 29.6 Å². The molecule has 1 aromatic heterocycles. The summed E-state index contributed by atoms with van der Waals surface area (Å²) in [5, 5.41) is 6.35. The van der Waals surface area contributed by atoms with Crippen molar-refractivity contribution in [2.24, 2.45) is 0 Å². The molecule has 3 heterocycles. The van der Waals surface area contributed by atoms with Crippen LogP contribution in [0.2, 0.25) is 0 Å². The van der Waals surface area contributed by atoms with Crippen molar-refractivity contribution in [3.8, 4) is 11.5 Å². The van der Waals surface area contributed by atoms with E-state index in [2.05, 4.69) is 10.2 Å². The predicted molar refractivity (Wildman–Crippen MR) is 102 cm³/mol. The highest BCUT2D eigenvalue weighted by Gasteiger charge is 2.38. The fourth-order valence-electron chi connectivity index (χ4n) is 3.58. The molecule has 1 amide bonds. The number of carbonyl (C=O) groups excluding carboxylic acids is 1. The topological polar surface area (TPSA) is 95.5 Å². The molecule has 0 spiro atoms. The van der Waals surface area contributed by atoms with Crippen LogP contribution < -0.4 is 15.3 Å². The van der Waals surface area contributed by atoms with Crippen LogP contribution in [0.1, 0.15) is 36.7 Å². The number of benzene rings is 1. The van der Waals surface area contributed by atoms with Gasteiger partial charge in [-0.2, -0.15) is 13.2 Å². The van der Waals surface area contributed by atoms with E-state index in [0.717, 1.165) is 36.6 Å². The number of ether oxygens (including phenoxy) is 2. The van der Waals surface area contributed by atoms with Gasteiger partial charge in [-0.05, 0) is 30.5 Å². The summed E-state index contributed by atoms with van der Waals surface area (Å²) in [4.78, 5) is 14.5. The van der Waals surface area contributed by atoms with E-state index < -0.39 is 12.0 Å². The highest BCUT2D eigenvalue weighted by molar-refractivity contribution is 7.99. The molecular weight excluding hydrogens is 423 g/mol. The van der Waals surface area contributed by atoms with Gasteiger partial charge in [-0.3, -0.25) is 4.79 Å². The molecule has 0 radical (unpaired) electrons. The maximum atomic E-state index is 12.8. The molecule has 2 aliphatic heterocycles. The van der Waals surface area contributed by atoms with Gasteiger partial charge in [-0.15, -0.1) is 10.2 Å². The van der Waals surface area contributed by atoms with Crippen LogP contribution in [-0.4, -0.2) is 51.2 Å². The third kappa shape index (κ3) is 4.13. The number of carbonyl (C=O) groups is 1. The molecule has 1 atom stereocenters. The molecule has 0 aliphatic carbocycles. The van der Waals surface area contributed by atoms with Crippen LogP contribution in [0, 0.1) is 0 Å². The fourth-order valence-corrected chi connectivity index (χ4v) is 4.32. The summed E-state index contributed by atoms with van der Waals surface area (Å²) in [6, 6.07) is 5.54. The summed E-state index contributed by atoms with van der Waals surface area (Å²) in [6.07, 6.45) is -2.28. The number of nitrogen functional groups attached to an aromatic ring is 1. The highest BCUT2D eigenvalue weighted by Crippen LogP contribution is 2.38. The van der Waals surface area contributed by atoms with Gasteiger partial charge in [0.1, 0.15) is 0 Å². The number of nitrogens with two attached hydrogens (primary N) is 1. The van der Waals surface area contributed by atoms with Crippen molar-refractivity contribution in [2.75, 3.05) is 31.4 Å². The molecule has 30 heavy (non-hydrogen) atoms. The minimum atomic E-state index is -4.71. The molecule has 2 aliphatic rings. The second kappa shape index (κ2) is 8.25. The molecule has 4 rings (SSSR count). The van der Waals surface area contributed by atoms with Crippen molar-refractivity contribution >= 4 is 17.7 Å². The van der Waals surface area contributed by atoms with Crippen LogP contribution in [-0.2, 0) is 11.0 Å². The van der Waals surface area contributed by atoms with E-state index >= 15 is 0 Å². The lowest BCUT2D eigenvalue weighted by Gasteiger charge is -2.25. The van der Waals surface area contributed by atoms with Crippen LogP contribution in [0.3, 0.4) is 0 Å². The number of amides is 1. The molecule has 8 nitrogen and oxygen atoms in total. The number of hydrogen-bond donors (Lipinski definition) is 1. The maximum absolute atomic E-state index is 12.8. The first kappa shape index (κ1) is 20.6. The average molecular weight is 443 g/mol. The van der Waals surface area contributed by atoms with Gasteiger partial charge in [-0.25, -0.2) is 4.68 Å². The van der Waals surface area contributed by atoms with Gasteiger partial charge in [-0.1, -0.05) is 17.8 Å². The summed E-state index contributed by atoms with van der Waals surface area (Å²) in [6.45, 7) is 1.74. The summed E-state index contributed by atoms with van der Waals surface area (Å²) in [7, 11) is 0. The SMILES string of the molecule is Nn1c(SCC(=O)N2CCCC2c2ccc3c(c2)OCCCO3)nnc1C(F)(F)F. The van der Waals surface area contributed by atoms with Crippen molar-refractivity contribution < 1.29 is 27.4 Å². The Morgan fingerprint density at radius 3 is 2.70 bits per heavy atom. The van der Waals surface area contributed by atoms with E-state index in [4.69, 9.17) is 15.3 Å². The van der Waals surface area contributed by atoms with Gasteiger partial charge in [0.05, 0.1) is 25.0 Å². The quantitative estimate of drug-likeness (QED) is 0.573. The summed E-state index contributed by atoms with van der Waals surface area (Å²) >= 11 is 0.830. The van der Waals surface area contributed by atoms with E-state index in [1.165, 1.54) is 0 Å². The van der Waals surface area contributed by atoms with E-state index in [9.17, 15) is 18.0 Å². The largest absolute Gasteiger partial charge is 0.490 e. The summed E-state index contributed by atoms with van der Waals surface area (Å²) in [5.41, 5.74) is 0.941. The first-order chi connectivity index (χ1) is 14.3. The lowest BCUT2D eigenvalue weighted by Crippen LogP contribution is -2.32. The smallest absolute Gasteiger partial charge is 0.453 e. The van der Waals surface area contributed by atoms with Gasteiger partial charge in [0, 0.05) is 13.0 Å². The second-order valence-corrected chi connectivity index (χ2v) is 7.91. The van der Waals surface area contributed by atoms with Crippen LogP contribution in [0.4, 0.5) is 13.2 Å². The second-order valence-electron chi connectivity index (χ2n) is 6.96. The first-order valence-electron chi connectivity index (χ1n) is 9.44. The standard InChI is InChI=1S/C18H20F3N5O3S/c19-18(20,21)16-23-24-17(26(16)22)30-10-15(27)25-6-1-3-12(25)11-4-5-13-14(9-11)29-8-2-7-28-13/h4-5,9,12H,1-3,6-8,10,22H2. The minimum absolute atomic E-state index is 0.0890. The van der Waals surface area contributed by atoms with Crippen molar-refractivity contribution in [1.82, 2.24) is 19.8 Å². The molecule has 1 fully saturated rings. The Balaban J connectivity index is 1.44. The molecule has 1 unspecified atom stereocenters.